The van der Waals surface area contributed by atoms with E-state index in [1.165, 1.54) is 13.4 Å². The topological polar surface area (TPSA) is 124 Å². The minimum absolute atomic E-state index is 0.215. The largest absolute Gasteiger partial charge is 0.467 e. The van der Waals surface area contributed by atoms with Crippen molar-refractivity contribution >= 4 is 28.7 Å². The monoisotopic (exact) mass is 420 g/mol. The lowest BCUT2D eigenvalue weighted by Gasteiger charge is -2.09. The number of nitrogens with one attached hydrogen (secondary N) is 2. The molecule has 0 spiro atoms. The van der Waals surface area contributed by atoms with Crippen molar-refractivity contribution in [1.29, 1.82) is 0 Å². The van der Waals surface area contributed by atoms with Crippen LogP contribution in [-0.2, 0) is 17.8 Å². The highest BCUT2D eigenvalue weighted by Gasteiger charge is 2.17. The Morgan fingerprint density at radius 1 is 1.13 bits per heavy atom. The van der Waals surface area contributed by atoms with Crippen molar-refractivity contribution in [2.75, 3.05) is 19.0 Å². The van der Waals surface area contributed by atoms with Gasteiger partial charge in [-0.1, -0.05) is 12.1 Å². The number of benzene rings is 1. The first-order chi connectivity index (χ1) is 15.2. The highest BCUT2D eigenvalue weighted by molar-refractivity contribution is 6.05. The number of hydrogen-bond acceptors (Lipinski definition) is 8. The molecule has 0 aliphatic heterocycles. The first-order valence-corrected chi connectivity index (χ1v) is 9.55. The van der Waals surface area contributed by atoms with Gasteiger partial charge in [0.1, 0.15) is 17.9 Å². The van der Waals surface area contributed by atoms with Crippen LogP contribution in [0.15, 0.2) is 59.6 Å². The smallest absolute Gasteiger partial charge is 0.338 e. The van der Waals surface area contributed by atoms with Gasteiger partial charge in [0.05, 0.1) is 49.2 Å². The molecule has 2 N–H and O–H groups in total. The molecule has 3 heterocycles. The molecule has 1 aromatic carbocycles. The van der Waals surface area contributed by atoms with Gasteiger partial charge in [-0.05, 0) is 24.3 Å². The first-order valence-electron chi connectivity index (χ1n) is 9.55. The van der Waals surface area contributed by atoms with Gasteiger partial charge < -0.3 is 19.8 Å². The Kier molecular flexibility index (Phi) is 5.88. The number of rotatable bonds is 8. The summed E-state index contributed by atoms with van der Waals surface area (Å²) >= 11 is 0. The SMILES string of the molecule is COC(=O)c1ccccc1C(=O)NCCn1ncc2c(NCc3ccco3)ncnc21. The zero-order chi connectivity index (χ0) is 21.6. The van der Waals surface area contributed by atoms with Gasteiger partial charge in [0.25, 0.3) is 5.91 Å². The molecule has 0 saturated heterocycles. The number of carbonyl (C=O) groups excluding carboxylic acids is 2. The zero-order valence-electron chi connectivity index (χ0n) is 16.7. The minimum atomic E-state index is -0.560. The number of ether oxygens (including phenoxy) is 1. The van der Waals surface area contributed by atoms with Crippen LogP contribution in [0.5, 0.6) is 0 Å². The van der Waals surface area contributed by atoms with E-state index < -0.39 is 5.97 Å². The quantitative estimate of drug-likeness (QED) is 0.416. The van der Waals surface area contributed by atoms with E-state index in [0.717, 1.165) is 11.1 Å². The lowest BCUT2D eigenvalue weighted by atomic mass is 10.1. The standard InChI is InChI=1S/C21H20N6O4/c1-30-21(29)16-7-3-2-6-15(16)20(28)22-8-9-27-19-17(12-26-27)18(24-13-25-19)23-11-14-5-4-10-31-14/h2-7,10,12-13H,8-9,11H2,1H3,(H,22,28)(H,23,24,25). The minimum Gasteiger partial charge on any atom is -0.467 e. The molecule has 31 heavy (non-hydrogen) atoms. The molecule has 0 unspecified atom stereocenters. The van der Waals surface area contributed by atoms with Gasteiger partial charge in [-0.15, -0.1) is 0 Å². The van der Waals surface area contributed by atoms with Crippen molar-refractivity contribution in [3.63, 3.8) is 0 Å². The predicted molar refractivity (Wildman–Crippen MR) is 111 cm³/mol. The molecule has 4 rings (SSSR count). The highest BCUT2D eigenvalue weighted by Crippen LogP contribution is 2.19. The molecule has 0 fully saturated rings. The number of hydrogen-bond donors (Lipinski definition) is 2. The second kappa shape index (κ2) is 9.08. The third-order valence-electron chi connectivity index (χ3n) is 4.63. The molecule has 1 amide bonds. The Balaban J connectivity index is 1.41. The van der Waals surface area contributed by atoms with Gasteiger partial charge in [0.2, 0.25) is 0 Å². The molecule has 0 bridgehead atoms. The van der Waals surface area contributed by atoms with Gasteiger partial charge in [-0.2, -0.15) is 5.10 Å². The number of methoxy groups -OCH3 is 1. The summed E-state index contributed by atoms with van der Waals surface area (Å²) in [6.45, 7) is 1.18. The van der Waals surface area contributed by atoms with Crippen molar-refractivity contribution < 1.29 is 18.7 Å². The van der Waals surface area contributed by atoms with Crippen molar-refractivity contribution in [2.24, 2.45) is 0 Å². The molecular formula is C21H20N6O4. The van der Waals surface area contributed by atoms with Crippen LogP contribution in [0.2, 0.25) is 0 Å². The van der Waals surface area contributed by atoms with Crippen LogP contribution in [0.3, 0.4) is 0 Å². The molecule has 0 aliphatic carbocycles. The maximum absolute atomic E-state index is 12.5. The van der Waals surface area contributed by atoms with Gasteiger partial charge in [0.15, 0.2) is 5.65 Å². The predicted octanol–water partition coefficient (Wildman–Crippen LogP) is 2.25. The van der Waals surface area contributed by atoms with Crippen molar-refractivity contribution in [3.8, 4) is 0 Å². The number of furan rings is 1. The van der Waals surface area contributed by atoms with E-state index in [-0.39, 0.29) is 17.0 Å². The number of anilines is 1. The van der Waals surface area contributed by atoms with Crippen LogP contribution in [0.4, 0.5) is 5.82 Å². The second-order valence-electron chi connectivity index (χ2n) is 6.55. The summed E-state index contributed by atoms with van der Waals surface area (Å²) in [4.78, 5) is 33.0. The van der Waals surface area contributed by atoms with Crippen LogP contribution in [0.1, 0.15) is 26.5 Å². The molecule has 10 heteroatoms. The summed E-state index contributed by atoms with van der Waals surface area (Å²) in [5, 5.41) is 11.1. The summed E-state index contributed by atoms with van der Waals surface area (Å²) in [6.07, 6.45) is 4.74. The zero-order valence-corrected chi connectivity index (χ0v) is 16.7. The Labute approximate surface area is 177 Å². The third-order valence-corrected chi connectivity index (χ3v) is 4.63. The van der Waals surface area contributed by atoms with Crippen molar-refractivity contribution in [1.82, 2.24) is 25.1 Å². The highest BCUT2D eigenvalue weighted by atomic mass is 16.5. The molecule has 158 valence electrons. The van der Waals surface area contributed by atoms with Crippen LogP contribution < -0.4 is 10.6 Å². The molecular weight excluding hydrogens is 400 g/mol. The number of esters is 1. The van der Waals surface area contributed by atoms with Crippen molar-refractivity contribution in [3.05, 3.63) is 72.1 Å². The van der Waals surface area contributed by atoms with E-state index in [1.807, 2.05) is 12.1 Å². The molecule has 0 saturated carbocycles. The molecule has 0 radical (unpaired) electrons. The first kappa shape index (κ1) is 20.1. The maximum Gasteiger partial charge on any atom is 0.338 e. The van der Waals surface area contributed by atoms with E-state index in [1.54, 1.807) is 41.4 Å². The Bertz CT molecular complexity index is 1200. The van der Waals surface area contributed by atoms with Crippen LogP contribution in [-0.4, -0.2) is 45.3 Å². The second-order valence-corrected chi connectivity index (χ2v) is 6.55. The molecule has 0 aliphatic rings. The molecule has 0 atom stereocenters. The Hall–Kier alpha value is -4.21. The van der Waals surface area contributed by atoms with E-state index in [0.29, 0.717) is 31.1 Å². The third kappa shape index (κ3) is 4.37. The normalized spacial score (nSPS) is 10.7. The fourth-order valence-corrected chi connectivity index (χ4v) is 3.12. The summed E-state index contributed by atoms with van der Waals surface area (Å²) in [5.74, 6) is 0.501. The summed E-state index contributed by atoms with van der Waals surface area (Å²) < 4.78 is 11.7. The average molecular weight is 420 g/mol. The fourth-order valence-electron chi connectivity index (χ4n) is 3.12. The molecule has 3 aromatic heterocycles. The number of carbonyl (C=O) groups is 2. The van der Waals surface area contributed by atoms with E-state index in [2.05, 4.69) is 25.7 Å². The van der Waals surface area contributed by atoms with E-state index in [9.17, 15) is 9.59 Å². The number of nitrogens with zero attached hydrogens (tertiary/aromatic N) is 4. The Morgan fingerprint density at radius 2 is 1.97 bits per heavy atom. The van der Waals surface area contributed by atoms with Gasteiger partial charge in [-0.25, -0.2) is 19.4 Å². The molecule has 4 aromatic rings. The van der Waals surface area contributed by atoms with Crippen molar-refractivity contribution in [2.45, 2.75) is 13.1 Å². The maximum atomic E-state index is 12.5. The summed E-state index contributed by atoms with van der Waals surface area (Å²) in [7, 11) is 1.28. The van der Waals surface area contributed by atoms with Crippen LogP contribution >= 0.6 is 0 Å². The van der Waals surface area contributed by atoms with Gasteiger partial charge in [-0.3, -0.25) is 4.79 Å². The van der Waals surface area contributed by atoms with Gasteiger partial charge >= 0.3 is 5.97 Å². The van der Waals surface area contributed by atoms with Gasteiger partial charge in [0, 0.05) is 6.54 Å². The lowest BCUT2D eigenvalue weighted by molar-refractivity contribution is 0.0596. The summed E-state index contributed by atoms with van der Waals surface area (Å²) in [5.41, 5.74) is 1.11. The lowest BCUT2D eigenvalue weighted by Crippen LogP contribution is -2.29. The molecule has 10 nitrogen and oxygen atoms in total. The number of aromatic nitrogens is 4. The van der Waals surface area contributed by atoms with Crippen LogP contribution in [0, 0.1) is 0 Å². The number of fused-ring (bicyclic) bond motifs is 1. The van der Waals surface area contributed by atoms with E-state index >= 15 is 0 Å². The number of amides is 1. The van der Waals surface area contributed by atoms with E-state index in [4.69, 9.17) is 9.15 Å². The Morgan fingerprint density at radius 3 is 2.74 bits per heavy atom. The fraction of sp³-hybridized carbons (Fsp3) is 0.190. The average Bonchev–Trinajstić information content (AvgIpc) is 3.47. The van der Waals surface area contributed by atoms with Crippen LogP contribution in [0.25, 0.3) is 11.0 Å². The summed E-state index contributed by atoms with van der Waals surface area (Å²) in [6, 6.07) is 10.2.